The summed E-state index contributed by atoms with van der Waals surface area (Å²) in [5, 5.41) is 15.2. The minimum Gasteiger partial charge on any atom is -0.491 e. The number of hydrogen-bond acceptors (Lipinski definition) is 13. The summed E-state index contributed by atoms with van der Waals surface area (Å²) >= 11 is 1.12. The van der Waals surface area contributed by atoms with Crippen LogP contribution in [0.2, 0.25) is 0 Å². The van der Waals surface area contributed by atoms with E-state index in [0.29, 0.717) is 49.4 Å². The first-order valence-electron chi connectivity index (χ1n) is 18.1. The van der Waals surface area contributed by atoms with Crippen molar-refractivity contribution in [3.8, 4) is 11.5 Å². The summed E-state index contributed by atoms with van der Waals surface area (Å²) in [6.45, 7) is 13.0. The maximum atomic E-state index is 12.1. The summed E-state index contributed by atoms with van der Waals surface area (Å²) in [7, 11) is 0.953. The lowest BCUT2D eigenvalue weighted by atomic mass is 10.2. The number of aryl methyl sites for hydroxylation is 2. The summed E-state index contributed by atoms with van der Waals surface area (Å²) in [6.07, 6.45) is 5.76. The fraction of sp³-hybridized carbons (Fsp3) is 0.415. The Morgan fingerprint density at radius 2 is 1.54 bits per heavy atom. The number of carbonyl (C=O) groups is 2. The van der Waals surface area contributed by atoms with Crippen molar-refractivity contribution in [1.82, 2.24) is 5.01 Å². The van der Waals surface area contributed by atoms with Gasteiger partial charge in [0.2, 0.25) is 10.0 Å². The maximum absolute atomic E-state index is 12.1. The highest BCUT2D eigenvalue weighted by molar-refractivity contribution is 8.18. The Labute approximate surface area is 344 Å². The second kappa shape index (κ2) is 37.4. The molecule has 0 unspecified atom stereocenters. The molecule has 0 radical (unpaired) electrons. The van der Waals surface area contributed by atoms with Gasteiger partial charge in [-0.15, -0.1) is 0 Å². The molecule has 322 valence electrons. The van der Waals surface area contributed by atoms with E-state index in [1.165, 1.54) is 24.2 Å². The van der Waals surface area contributed by atoms with Gasteiger partial charge in [0.25, 0.3) is 0 Å². The van der Waals surface area contributed by atoms with Crippen LogP contribution < -0.4 is 26.2 Å². The highest BCUT2D eigenvalue weighted by Crippen LogP contribution is 2.36. The van der Waals surface area contributed by atoms with E-state index in [1.807, 2.05) is 65.0 Å². The van der Waals surface area contributed by atoms with Crippen molar-refractivity contribution in [3.63, 3.8) is 0 Å². The zero-order valence-corrected chi connectivity index (χ0v) is 36.5. The number of rotatable bonds is 18. The standard InChI is InChI=1S/C17H25N3O4S2.C12H16O4.C7H7F.C2H6O.C2H6.CH5N/c1-4-13(2)17(26(19,22)23)25-16-12-15(7-6-14(16)3)24-11-5-8-20(18)9-10-21;13-5-2-7-15-10-11-3-1-4-12(9-11)16-8-6-14;1-6-2-4-7(8)5-3-6;1-3-2;2*1-2/h5-8,10,12H,4,9,11,18H2,1-3H3,(H2,19,22,23);1,3-5,9,14H,2,6-8,10H2;2-5H,1H3;1-2H3;1-2H3;2H2,1H3/b8-5+,17-13-;;;;;. The highest BCUT2D eigenvalue weighted by Gasteiger charge is 2.18. The van der Waals surface area contributed by atoms with Crippen molar-refractivity contribution in [2.75, 3.05) is 54.2 Å². The molecular weight excluding hydrogens is 776 g/mol. The van der Waals surface area contributed by atoms with Crippen LogP contribution in [-0.2, 0) is 35.7 Å². The average molecular weight is 841 g/mol. The lowest BCUT2D eigenvalue weighted by Gasteiger charge is -2.13. The van der Waals surface area contributed by atoms with Crippen LogP contribution in [0.25, 0.3) is 0 Å². The topological polar surface area (TPSA) is 207 Å². The number of primary sulfonamides is 1. The zero-order chi connectivity index (χ0) is 44.1. The number of ether oxygens (including phenoxy) is 4. The number of sulfonamides is 1. The van der Waals surface area contributed by atoms with Gasteiger partial charge in [-0.1, -0.05) is 68.4 Å². The molecule has 0 heterocycles. The fourth-order valence-electron chi connectivity index (χ4n) is 3.63. The third kappa shape index (κ3) is 30.7. The fourth-order valence-corrected chi connectivity index (χ4v) is 5.91. The van der Waals surface area contributed by atoms with Crippen LogP contribution in [-0.4, -0.2) is 85.3 Å². The van der Waals surface area contributed by atoms with Crippen molar-refractivity contribution in [1.29, 1.82) is 0 Å². The number of halogens is 1. The van der Waals surface area contributed by atoms with Crippen LogP contribution in [0.1, 0.15) is 57.2 Å². The Bertz CT molecular complexity index is 1620. The van der Waals surface area contributed by atoms with Gasteiger partial charge < -0.3 is 44.4 Å². The number of carbonyl (C=O) groups excluding carboxylic acids is 2. The predicted octanol–water partition coefficient (Wildman–Crippen LogP) is 6.45. The van der Waals surface area contributed by atoms with E-state index in [0.717, 1.165) is 39.6 Å². The number of methoxy groups -OCH3 is 1. The van der Waals surface area contributed by atoms with E-state index in [4.69, 9.17) is 30.3 Å². The minimum absolute atomic E-state index is 0.0000618. The molecule has 13 nitrogen and oxygen atoms in total. The lowest BCUT2D eigenvalue weighted by molar-refractivity contribution is -0.109. The summed E-state index contributed by atoms with van der Waals surface area (Å²) in [4.78, 5) is 21.1. The number of hydrazine groups is 1. The first-order valence-corrected chi connectivity index (χ1v) is 20.4. The first kappa shape index (κ1) is 57.2. The van der Waals surface area contributed by atoms with Crippen molar-refractivity contribution >= 4 is 34.4 Å². The molecule has 0 aliphatic heterocycles. The highest BCUT2D eigenvalue weighted by atomic mass is 32.3. The molecule has 0 aromatic heterocycles. The molecular formula is C41H65FN4O9S2. The third-order valence-corrected chi connectivity index (χ3v) is 9.35. The van der Waals surface area contributed by atoms with Gasteiger partial charge in [0, 0.05) is 31.7 Å². The minimum atomic E-state index is -3.80. The second-order valence-electron chi connectivity index (χ2n) is 11.0. The van der Waals surface area contributed by atoms with Crippen molar-refractivity contribution in [3.05, 3.63) is 111 Å². The molecule has 0 saturated carbocycles. The summed E-state index contributed by atoms with van der Waals surface area (Å²) in [6, 6.07) is 19.3. The summed E-state index contributed by atoms with van der Waals surface area (Å²) in [5.74, 6) is 6.66. The van der Waals surface area contributed by atoms with Gasteiger partial charge in [-0.3, -0.25) is 0 Å². The Morgan fingerprint density at radius 3 is 2.07 bits per heavy atom. The molecule has 16 heteroatoms. The molecule has 3 rings (SSSR count). The Balaban J connectivity index is -0.000000791. The van der Waals surface area contributed by atoms with Crippen LogP contribution in [0.15, 0.2) is 93.7 Å². The molecule has 0 spiro atoms. The number of thioether (sulfide) groups is 1. The Kier molecular flexibility index (Phi) is 37.6. The molecule has 0 aliphatic carbocycles. The molecule has 7 N–H and O–H groups in total. The molecule has 0 fully saturated rings. The van der Waals surface area contributed by atoms with E-state index < -0.39 is 10.0 Å². The van der Waals surface area contributed by atoms with Gasteiger partial charge in [0.05, 0.1) is 26.4 Å². The van der Waals surface area contributed by atoms with Crippen molar-refractivity contribution in [2.45, 2.75) is 65.9 Å². The summed E-state index contributed by atoms with van der Waals surface area (Å²) in [5.41, 5.74) is 8.21. The molecule has 0 bridgehead atoms. The number of aldehydes is 2. The molecule has 0 saturated heterocycles. The molecule has 57 heavy (non-hydrogen) atoms. The van der Waals surface area contributed by atoms with E-state index in [2.05, 4.69) is 10.5 Å². The Morgan fingerprint density at radius 1 is 0.930 bits per heavy atom. The largest absolute Gasteiger partial charge is 0.491 e. The lowest BCUT2D eigenvalue weighted by Crippen LogP contribution is -2.26. The molecule has 0 atom stereocenters. The van der Waals surface area contributed by atoms with Gasteiger partial charge in [-0.25, -0.2) is 23.8 Å². The van der Waals surface area contributed by atoms with E-state index in [1.54, 1.807) is 57.7 Å². The Hall–Kier alpha value is -4.13. The molecule has 3 aromatic rings. The summed E-state index contributed by atoms with van der Waals surface area (Å²) < 4.78 is 56.4. The number of allylic oxidation sites excluding steroid dienone is 1. The van der Waals surface area contributed by atoms with Crippen LogP contribution >= 0.6 is 11.8 Å². The number of nitrogens with two attached hydrogens (primary N) is 3. The van der Waals surface area contributed by atoms with Gasteiger partial charge in [0.1, 0.15) is 47.3 Å². The smallest absolute Gasteiger partial charge is 0.244 e. The normalized spacial score (nSPS) is 10.5. The van der Waals surface area contributed by atoms with E-state index in [-0.39, 0.29) is 36.4 Å². The zero-order valence-electron chi connectivity index (χ0n) is 34.9. The van der Waals surface area contributed by atoms with Crippen LogP contribution in [0, 0.1) is 19.7 Å². The monoisotopic (exact) mass is 840 g/mol. The van der Waals surface area contributed by atoms with Gasteiger partial charge in [-0.2, -0.15) is 0 Å². The molecule has 3 aromatic carbocycles. The SMILES string of the molecule is CC.CC/C(C)=C(/Sc1cc(OC/C=C/N(N)CC=O)ccc1C)S(N)(=O)=O.CN.COC.Cc1ccc(F)cc1.O=CCCOCc1cccc(OCCO)c1. The maximum Gasteiger partial charge on any atom is 0.244 e. The van der Waals surface area contributed by atoms with Crippen LogP contribution in [0.4, 0.5) is 4.39 Å². The van der Waals surface area contributed by atoms with Crippen LogP contribution in [0.5, 0.6) is 11.5 Å². The average Bonchev–Trinajstić information content (AvgIpc) is 3.20. The van der Waals surface area contributed by atoms with Crippen LogP contribution in [0.3, 0.4) is 0 Å². The van der Waals surface area contributed by atoms with Gasteiger partial charge in [0.15, 0.2) is 0 Å². The molecule has 0 amide bonds. The number of nitrogens with zero attached hydrogens (tertiary/aromatic N) is 1. The van der Waals surface area contributed by atoms with Crippen molar-refractivity contribution < 1.29 is 46.5 Å². The van der Waals surface area contributed by atoms with E-state index in [9.17, 15) is 22.4 Å². The number of aliphatic hydroxyl groups excluding tert-OH is 1. The van der Waals surface area contributed by atoms with Gasteiger partial charge in [-0.05, 0) is 93.4 Å². The predicted molar refractivity (Wildman–Crippen MR) is 230 cm³/mol. The first-order chi connectivity index (χ1) is 27.2. The van der Waals surface area contributed by atoms with Crippen molar-refractivity contribution in [2.24, 2.45) is 16.7 Å². The van der Waals surface area contributed by atoms with Gasteiger partial charge >= 0.3 is 0 Å². The number of hydrogen-bond donors (Lipinski definition) is 4. The number of aliphatic hydroxyl groups is 1. The second-order valence-corrected chi connectivity index (χ2v) is 13.8. The number of benzene rings is 3. The quantitative estimate of drug-likeness (QED) is 0.0358. The molecule has 0 aliphatic rings. The third-order valence-electron chi connectivity index (χ3n) is 6.35. The van der Waals surface area contributed by atoms with E-state index >= 15 is 0 Å².